The molecule has 0 aliphatic carbocycles. The topological polar surface area (TPSA) is 101 Å². The van der Waals surface area contributed by atoms with Crippen molar-refractivity contribution in [3.8, 4) is 0 Å². The van der Waals surface area contributed by atoms with E-state index in [1.54, 1.807) is 12.5 Å². The quantitative estimate of drug-likeness (QED) is 0.515. The monoisotopic (exact) mass is 411 g/mol. The van der Waals surface area contributed by atoms with Crippen molar-refractivity contribution in [2.45, 2.75) is 72.7 Å². The third-order valence-corrected chi connectivity index (χ3v) is 5.18. The Morgan fingerprint density at radius 1 is 1.20 bits per heavy atom. The molecule has 3 aromatic heterocycles. The van der Waals surface area contributed by atoms with E-state index in [0.29, 0.717) is 18.3 Å². The van der Waals surface area contributed by atoms with Crippen LogP contribution in [0.4, 0.5) is 11.8 Å². The summed E-state index contributed by atoms with van der Waals surface area (Å²) in [7, 11) is 0. The number of imidazole rings is 1. The number of aromatic nitrogens is 5. The van der Waals surface area contributed by atoms with E-state index in [0.717, 1.165) is 23.1 Å². The van der Waals surface area contributed by atoms with Gasteiger partial charge in [0.05, 0.1) is 18.5 Å². The molecule has 30 heavy (non-hydrogen) atoms. The van der Waals surface area contributed by atoms with Crippen LogP contribution in [0.3, 0.4) is 0 Å². The van der Waals surface area contributed by atoms with Gasteiger partial charge in [0.25, 0.3) is 0 Å². The van der Waals surface area contributed by atoms with Crippen molar-refractivity contribution in [1.82, 2.24) is 24.5 Å². The van der Waals surface area contributed by atoms with Crippen LogP contribution in [-0.4, -0.2) is 41.8 Å². The van der Waals surface area contributed by atoms with Crippen molar-refractivity contribution in [2.75, 3.05) is 10.6 Å². The maximum Gasteiger partial charge on any atom is 0.227 e. The molecule has 0 unspecified atom stereocenters. The second-order valence-electron chi connectivity index (χ2n) is 9.00. The Balaban J connectivity index is 1.96. The normalized spacial score (nSPS) is 14.1. The van der Waals surface area contributed by atoms with Gasteiger partial charge in [0, 0.05) is 25.0 Å². The lowest BCUT2D eigenvalue weighted by Crippen LogP contribution is -2.42. The van der Waals surface area contributed by atoms with E-state index >= 15 is 0 Å². The molecule has 0 aliphatic heterocycles. The standard InChI is InChI=1S/C22H33N7O/c1-7-16(18(30)22(4,5)6)26-21-27-19(24-12-15-9-8-10-23-11-15)17-20(28-21)29(13-25-17)14(2)3/h8-11,13-14,16,18,30H,7,12H2,1-6H3,(H2,24,26,27,28)/t16-,18-/m1/s1. The fraction of sp³-hybridized carbons (Fsp3) is 0.545. The molecule has 3 heterocycles. The minimum Gasteiger partial charge on any atom is -0.390 e. The number of nitrogens with one attached hydrogen (secondary N) is 2. The summed E-state index contributed by atoms with van der Waals surface area (Å²) in [6.45, 7) is 12.9. The van der Waals surface area contributed by atoms with Crippen LogP contribution in [0, 0.1) is 5.41 Å². The molecule has 0 amide bonds. The SMILES string of the molecule is CC[C@@H](Nc1nc(NCc2cccnc2)c2ncn(C(C)C)c2n1)[C@@H](O)C(C)(C)C. The number of hydrogen-bond acceptors (Lipinski definition) is 7. The van der Waals surface area contributed by atoms with E-state index in [-0.39, 0.29) is 17.5 Å². The Bertz CT molecular complexity index is 963. The molecule has 2 atom stereocenters. The number of nitrogens with zero attached hydrogens (tertiary/aromatic N) is 5. The molecule has 0 aliphatic rings. The zero-order chi connectivity index (χ0) is 21.9. The van der Waals surface area contributed by atoms with Crippen LogP contribution < -0.4 is 10.6 Å². The van der Waals surface area contributed by atoms with Crippen LogP contribution >= 0.6 is 0 Å². The Morgan fingerprint density at radius 3 is 2.57 bits per heavy atom. The molecular weight excluding hydrogens is 378 g/mol. The second kappa shape index (κ2) is 8.95. The molecule has 3 aromatic rings. The number of aliphatic hydroxyl groups is 1. The van der Waals surface area contributed by atoms with Gasteiger partial charge in [-0.15, -0.1) is 0 Å². The highest BCUT2D eigenvalue weighted by Gasteiger charge is 2.30. The Kier molecular flexibility index (Phi) is 6.55. The molecule has 162 valence electrons. The molecule has 0 radical (unpaired) electrons. The molecule has 0 aromatic carbocycles. The van der Waals surface area contributed by atoms with Gasteiger partial charge in [0.1, 0.15) is 0 Å². The van der Waals surface area contributed by atoms with Gasteiger partial charge in [0.2, 0.25) is 5.95 Å². The summed E-state index contributed by atoms with van der Waals surface area (Å²) in [6, 6.07) is 3.97. The van der Waals surface area contributed by atoms with Crippen LogP contribution in [-0.2, 0) is 6.54 Å². The van der Waals surface area contributed by atoms with E-state index < -0.39 is 6.10 Å². The highest BCUT2D eigenvalue weighted by atomic mass is 16.3. The lowest BCUT2D eigenvalue weighted by Gasteiger charge is -2.33. The lowest BCUT2D eigenvalue weighted by atomic mass is 9.84. The average molecular weight is 412 g/mol. The van der Waals surface area contributed by atoms with E-state index in [1.807, 2.05) is 50.6 Å². The summed E-state index contributed by atoms with van der Waals surface area (Å²) in [5.41, 5.74) is 2.29. The van der Waals surface area contributed by atoms with Crippen LogP contribution in [0.5, 0.6) is 0 Å². The van der Waals surface area contributed by atoms with Crippen molar-refractivity contribution in [3.05, 3.63) is 36.4 Å². The van der Waals surface area contributed by atoms with Crippen LogP contribution in [0.15, 0.2) is 30.9 Å². The van der Waals surface area contributed by atoms with Crippen LogP contribution in [0.2, 0.25) is 0 Å². The smallest absolute Gasteiger partial charge is 0.227 e. The number of fused-ring (bicyclic) bond motifs is 1. The average Bonchev–Trinajstić information content (AvgIpc) is 3.14. The second-order valence-corrected chi connectivity index (χ2v) is 9.00. The summed E-state index contributed by atoms with van der Waals surface area (Å²) in [4.78, 5) is 18.2. The van der Waals surface area contributed by atoms with Gasteiger partial charge >= 0.3 is 0 Å². The summed E-state index contributed by atoms with van der Waals surface area (Å²) in [5, 5.41) is 17.5. The van der Waals surface area contributed by atoms with Crippen LogP contribution in [0.25, 0.3) is 11.2 Å². The first-order valence-corrected chi connectivity index (χ1v) is 10.5. The zero-order valence-corrected chi connectivity index (χ0v) is 18.7. The molecule has 0 saturated carbocycles. The molecule has 0 spiro atoms. The fourth-order valence-corrected chi connectivity index (χ4v) is 3.34. The summed E-state index contributed by atoms with van der Waals surface area (Å²) >= 11 is 0. The number of aliphatic hydroxyl groups excluding tert-OH is 1. The first kappa shape index (κ1) is 22.0. The predicted molar refractivity (Wildman–Crippen MR) is 120 cm³/mol. The highest BCUT2D eigenvalue weighted by Crippen LogP contribution is 2.27. The number of anilines is 2. The first-order chi connectivity index (χ1) is 14.2. The third-order valence-electron chi connectivity index (χ3n) is 5.18. The predicted octanol–water partition coefficient (Wildman–Crippen LogP) is 4.01. The van der Waals surface area contributed by atoms with Gasteiger partial charge < -0.3 is 20.3 Å². The Hall–Kier alpha value is -2.74. The van der Waals surface area contributed by atoms with E-state index in [1.165, 1.54) is 0 Å². The molecule has 3 rings (SSSR count). The summed E-state index contributed by atoms with van der Waals surface area (Å²) in [6.07, 6.45) is 5.59. The Morgan fingerprint density at radius 2 is 1.97 bits per heavy atom. The van der Waals surface area contributed by atoms with Crippen molar-refractivity contribution in [2.24, 2.45) is 5.41 Å². The van der Waals surface area contributed by atoms with Crippen molar-refractivity contribution < 1.29 is 5.11 Å². The molecule has 0 fully saturated rings. The maximum atomic E-state index is 10.8. The maximum absolute atomic E-state index is 10.8. The van der Waals surface area contributed by atoms with Gasteiger partial charge in [-0.25, -0.2) is 4.98 Å². The van der Waals surface area contributed by atoms with Gasteiger partial charge in [-0.05, 0) is 37.3 Å². The van der Waals surface area contributed by atoms with E-state index in [4.69, 9.17) is 9.97 Å². The molecular formula is C22H33N7O. The van der Waals surface area contributed by atoms with Crippen molar-refractivity contribution in [3.63, 3.8) is 0 Å². The lowest BCUT2D eigenvalue weighted by molar-refractivity contribution is 0.0451. The number of pyridine rings is 1. The molecule has 8 nitrogen and oxygen atoms in total. The number of rotatable bonds is 8. The van der Waals surface area contributed by atoms with Crippen molar-refractivity contribution >= 4 is 22.9 Å². The fourth-order valence-electron chi connectivity index (χ4n) is 3.34. The minimum atomic E-state index is -0.538. The highest BCUT2D eigenvalue weighted by molar-refractivity contribution is 5.84. The molecule has 3 N–H and O–H groups in total. The minimum absolute atomic E-state index is 0.163. The van der Waals surface area contributed by atoms with Gasteiger partial charge in [-0.3, -0.25) is 4.98 Å². The molecule has 0 bridgehead atoms. The molecule has 8 heteroatoms. The van der Waals surface area contributed by atoms with Crippen molar-refractivity contribution in [1.29, 1.82) is 0 Å². The summed E-state index contributed by atoms with van der Waals surface area (Å²) in [5.74, 6) is 1.14. The van der Waals surface area contributed by atoms with E-state index in [2.05, 4.69) is 34.4 Å². The van der Waals surface area contributed by atoms with Crippen LogP contribution in [0.1, 0.15) is 59.6 Å². The van der Waals surface area contributed by atoms with E-state index in [9.17, 15) is 5.11 Å². The van der Waals surface area contributed by atoms with Gasteiger partial charge in [-0.1, -0.05) is 33.8 Å². The Labute approximate surface area is 178 Å². The largest absolute Gasteiger partial charge is 0.390 e. The van der Waals surface area contributed by atoms with Gasteiger partial charge in [0.15, 0.2) is 17.0 Å². The zero-order valence-electron chi connectivity index (χ0n) is 18.7. The van der Waals surface area contributed by atoms with Gasteiger partial charge in [-0.2, -0.15) is 9.97 Å². The third kappa shape index (κ3) is 4.87. The number of hydrogen-bond donors (Lipinski definition) is 3. The summed E-state index contributed by atoms with van der Waals surface area (Å²) < 4.78 is 2.03. The molecule has 0 saturated heterocycles. The first-order valence-electron chi connectivity index (χ1n) is 10.5.